The Balaban J connectivity index is 3.45. The van der Waals surface area contributed by atoms with Crippen molar-refractivity contribution in [2.24, 2.45) is 0 Å². The molecule has 0 bridgehead atoms. The van der Waals surface area contributed by atoms with Gasteiger partial charge in [-0.3, -0.25) is 0 Å². The van der Waals surface area contributed by atoms with Crippen LogP contribution in [0.1, 0.15) is 11.1 Å². The lowest BCUT2D eigenvalue weighted by Gasteiger charge is -2.12. The van der Waals surface area contributed by atoms with Crippen molar-refractivity contribution in [1.82, 2.24) is 0 Å². The Hall–Kier alpha value is -1.83. The van der Waals surface area contributed by atoms with E-state index in [1.165, 1.54) is 0 Å². The Morgan fingerprint density at radius 3 is 2.32 bits per heavy atom. The van der Waals surface area contributed by atoms with Crippen LogP contribution in [0.5, 0.6) is 0 Å². The Bertz CT molecular complexity index is 630. The maximum atomic E-state index is 12.8. The number of carboxylic acid groups (broad SMARTS) is 1. The molecule has 104 valence electrons. The van der Waals surface area contributed by atoms with E-state index in [0.29, 0.717) is 18.4 Å². The fourth-order valence-corrected chi connectivity index (χ4v) is 2.25. The smallest absolute Gasteiger partial charge is 0.417 e. The van der Waals surface area contributed by atoms with Gasteiger partial charge in [0.1, 0.15) is 0 Å². The van der Waals surface area contributed by atoms with Gasteiger partial charge in [0.2, 0.25) is 0 Å². The number of rotatable bonds is 3. The third-order valence-electron chi connectivity index (χ3n) is 2.13. The molecular formula is C11H9F3O4S. The minimum absolute atomic E-state index is 0.0536. The summed E-state index contributed by atoms with van der Waals surface area (Å²) in [4.78, 5) is 9.44. The van der Waals surface area contributed by atoms with Crippen molar-refractivity contribution in [1.29, 1.82) is 0 Å². The maximum absolute atomic E-state index is 12.8. The number of alkyl halides is 3. The second kappa shape index (κ2) is 5.04. The monoisotopic (exact) mass is 294 g/mol. The summed E-state index contributed by atoms with van der Waals surface area (Å²) in [5.41, 5.74) is -1.37. The molecule has 0 spiro atoms. The van der Waals surface area contributed by atoms with Crippen LogP contribution in [-0.4, -0.2) is 25.7 Å². The standard InChI is InChI=1S/C11H9F3O4S/c1-19(17,18)9-4-2-7(3-5-10(15)16)6-8(9)11(12,13)14/h2-6H,1H3,(H,15,16)/b5-3+. The lowest BCUT2D eigenvalue weighted by Crippen LogP contribution is -2.12. The molecule has 1 aromatic rings. The van der Waals surface area contributed by atoms with Gasteiger partial charge in [-0.25, -0.2) is 13.2 Å². The van der Waals surface area contributed by atoms with Gasteiger partial charge in [-0.05, 0) is 23.8 Å². The molecule has 0 aliphatic heterocycles. The molecule has 0 aromatic heterocycles. The van der Waals surface area contributed by atoms with Crippen LogP contribution in [0.25, 0.3) is 6.08 Å². The number of carbonyl (C=O) groups is 1. The zero-order valence-electron chi connectivity index (χ0n) is 9.60. The molecule has 0 fully saturated rings. The molecule has 1 rings (SSSR count). The van der Waals surface area contributed by atoms with E-state index in [2.05, 4.69) is 0 Å². The van der Waals surface area contributed by atoms with Gasteiger partial charge in [-0.2, -0.15) is 13.2 Å². The molecule has 4 nitrogen and oxygen atoms in total. The summed E-state index contributed by atoms with van der Waals surface area (Å²) in [6.45, 7) is 0. The van der Waals surface area contributed by atoms with Crippen LogP contribution in [0, 0.1) is 0 Å². The van der Waals surface area contributed by atoms with Crippen molar-refractivity contribution in [2.75, 3.05) is 6.26 Å². The van der Waals surface area contributed by atoms with Crippen molar-refractivity contribution in [3.8, 4) is 0 Å². The molecule has 0 saturated heterocycles. The largest absolute Gasteiger partial charge is 0.478 e. The Labute approximate surface area is 107 Å². The molecule has 0 saturated carbocycles. The first kappa shape index (κ1) is 15.2. The van der Waals surface area contributed by atoms with Gasteiger partial charge in [0, 0.05) is 12.3 Å². The molecule has 0 aliphatic rings. The summed E-state index contributed by atoms with van der Waals surface area (Å²) < 4.78 is 60.8. The van der Waals surface area contributed by atoms with E-state index < -0.39 is 32.4 Å². The predicted octanol–water partition coefficient (Wildman–Crippen LogP) is 2.21. The number of benzene rings is 1. The van der Waals surface area contributed by atoms with E-state index in [1.54, 1.807) is 0 Å². The second-order valence-electron chi connectivity index (χ2n) is 3.70. The zero-order valence-corrected chi connectivity index (χ0v) is 10.4. The third kappa shape index (κ3) is 4.09. The van der Waals surface area contributed by atoms with Crippen molar-refractivity contribution in [3.63, 3.8) is 0 Å². The molecule has 19 heavy (non-hydrogen) atoms. The second-order valence-corrected chi connectivity index (χ2v) is 5.68. The fourth-order valence-electron chi connectivity index (χ4n) is 1.36. The van der Waals surface area contributed by atoms with Gasteiger partial charge in [0.05, 0.1) is 10.5 Å². The molecule has 0 radical (unpaired) electrons. The van der Waals surface area contributed by atoms with Crippen LogP contribution in [0.4, 0.5) is 13.2 Å². The van der Waals surface area contributed by atoms with Crippen LogP contribution in [0.3, 0.4) is 0 Å². The summed E-state index contributed by atoms with van der Waals surface area (Å²) >= 11 is 0. The lowest BCUT2D eigenvalue weighted by molar-refractivity contribution is -0.140. The van der Waals surface area contributed by atoms with Gasteiger partial charge in [-0.1, -0.05) is 6.07 Å². The molecule has 8 heteroatoms. The normalized spacial score (nSPS) is 12.8. The van der Waals surface area contributed by atoms with Crippen molar-refractivity contribution in [2.45, 2.75) is 11.1 Å². The summed E-state index contributed by atoms with van der Waals surface area (Å²) in [6, 6.07) is 2.50. The Morgan fingerprint density at radius 1 is 1.32 bits per heavy atom. The highest BCUT2D eigenvalue weighted by molar-refractivity contribution is 7.90. The highest BCUT2D eigenvalue weighted by atomic mass is 32.2. The van der Waals surface area contributed by atoms with Crippen molar-refractivity contribution in [3.05, 3.63) is 35.4 Å². The number of sulfone groups is 1. The van der Waals surface area contributed by atoms with Gasteiger partial charge in [0.25, 0.3) is 0 Å². The van der Waals surface area contributed by atoms with Gasteiger partial charge < -0.3 is 5.11 Å². The number of carboxylic acids is 1. The average molecular weight is 294 g/mol. The molecule has 0 amide bonds. The summed E-state index contributed by atoms with van der Waals surface area (Å²) in [7, 11) is -4.03. The molecule has 0 heterocycles. The van der Waals surface area contributed by atoms with Crippen LogP contribution in [0.15, 0.2) is 29.2 Å². The van der Waals surface area contributed by atoms with Crippen LogP contribution in [0.2, 0.25) is 0 Å². The fraction of sp³-hybridized carbons (Fsp3) is 0.182. The molecule has 1 aromatic carbocycles. The molecule has 0 unspecified atom stereocenters. The Morgan fingerprint density at radius 2 is 1.89 bits per heavy atom. The van der Waals surface area contributed by atoms with Crippen molar-refractivity contribution < 1.29 is 31.5 Å². The Kier molecular flexibility index (Phi) is 4.04. The average Bonchev–Trinajstić information content (AvgIpc) is 2.23. The maximum Gasteiger partial charge on any atom is 0.417 e. The summed E-state index contributed by atoms with van der Waals surface area (Å²) in [5.74, 6) is -1.32. The van der Waals surface area contributed by atoms with E-state index in [1.807, 2.05) is 0 Å². The third-order valence-corrected chi connectivity index (χ3v) is 3.28. The zero-order chi connectivity index (χ0) is 14.8. The minimum atomic E-state index is -4.84. The quantitative estimate of drug-likeness (QED) is 0.868. The van der Waals surface area contributed by atoms with Gasteiger partial charge in [0.15, 0.2) is 9.84 Å². The first-order valence-electron chi connectivity index (χ1n) is 4.84. The highest BCUT2D eigenvalue weighted by Gasteiger charge is 2.36. The van der Waals surface area contributed by atoms with E-state index in [9.17, 15) is 26.4 Å². The molecule has 0 aliphatic carbocycles. The highest BCUT2D eigenvalue weighted by Crippen LogP contribution is 2.35. The van der Waals surface area contributed by atoms with Crippen LogP contribution >= 0.6 is 0 Å². The number of aliphatic carboxylic acids is 1. The molecular weight excluding hydrogens is 285 g/mol. The minimum Gasteiger partial charge on any atom is -0.478 e. The van der Waals surface area contributed by atoms with E-state index in [0.717, 1.165) is 18.2 Å². The van der Waals surface area contributed by atoms with Crippen LogP contribution < -0.4 is 0 Å². The van der Waals surface area contributed by atoms with Gasteiger partial charge in [-0.15, -0.1) is 0 Å². The SMILES string of the molecule is CS(=O)(=O)c1ccc(/C=C/C(=O)O)cc1C(F)(F)F. The first-order valence-corrected chi connectivity index (χ1v) is 6.73. The number of halogens is 3. The summed E-state index contributed by atoms with van der Waals surface area (Å²) in [6.07, 6.45) is -2.56. The van der Waals surface area contributed by atoms with Crippen molar-refractivity contribution >= 4 is 21.9 Å². The number of hydrogen-bond donors (Lipinski definition) is 1. The molecule has 0 atom stereocenters. The number of hydrogen-bond acceptors (Lipinski definition) is 3. The lowest BCUT2D eigenvalue weighted by atomic mass is 10.1. The van der Waals surface area contributed by atoms with Gasteiger partial charge >= 0.3 is 12.1 Å². The topological polar surface area (TPSA) is 71.4 Å². The predicted molar refractivity (Wildman–Crippen MR) is 61.2 cm³/mol. The summed E-state index contributed by atoms with van der Waals surface area (Å²) in [5, 5.41) is 8.38. The molecule has 1 N–H and O–H groups in total. The van der Waals surface area contributed by atoms with E-state index >= 15 is 0 Å². The van der Waals surface area contributed by atoms with E-state index in [4.69, 9.17) is 5.11 Å². The van der Waals surface area contributed by atoms with E-state index in [-0.39, 0.29) is 5.56 Å². The first-order chi connectivity index (χ1) is 8.51. The van der Waals surface area contributed by atoms with Crippen LogP contribution in [-0.2, 0) is 20.8 Å².